The van der Waals surface area contributed by atoms with E-state index in [1.165, 1.54) is 26.0 Å². The number of nitro benzene ring substituents is 1. The number of benzene rings is 2. The van der Waals surface area contributed by atoms with Gasteiger partial charge >= 0.3 is 11.9 Å². The van der Waals surface area contributed by atoms with Gasteiger partial charge in [0.2, 0.25) is 0 Å². The number of nitrogens with one attached hydrogen (secondary N) is 1. The molecular formula is C22H20N2O6. The zero-order valence-corrected chi connectivity index (χ0v) is 16.5. The first-order valence-electron chi connectivity index (χ1n) is 9.56. The quantitative estimate of drug-likeness (QED) is 0.265. The van der Waals surface area contributed by atoms with Crippen LogP contribution in [-0.2, 0) is 9.59 Å². The standard InChI is InChI=1S/C22H20N2O6/c1-12(25)29-15-7-8-18(21(11-15)30-13(2)26)22-17-5-3-4-16(17)19-10-14(24(27)28)6-9-20(19)23-22/h3-4,6-11,16-17,22-23H,5H2,1-2H3/t16-,17-,22-/m1/s1. The Kier molecular flexibility index (Phi) is 4.99. The number of hydrogen-bond acceptors (Lipinski definition) is 7. The second kappa shape index (κ2) is 7.62. The van der Waals surface area contributed by atoms with Crippen LogP contribution in [0.5, 0.6) is 11.5 Å². The molecule has 0 saturated heterocycles. The molecule has 1 aliphatic heterocycles. The van der Waals surface area contributed by atoms with Gasteiger partial charge in [-0.05, 0) is 36.1 Å². The number of fused-ring (bicyclic) bond motifs is 3. The van der Waals surface area contributed by atoms with Crippen molar-refractivity contribution in [3.05, 3.63) is 69.8 Å². The van der Waals surface area contributed by atoms with Gasteiger partial charge in [0, 0.05) is 49.2 Å². The fraction of sp³-hybridized carbons (Fsp3) is 0.273. The normalized spacial score (nSPS) is 21.2. The molecule has 0 bridgehead atoms. The van der Waals surface area contributed by atoms with Crippen molar-refractivity contribution >= 4 is 23.3 Å². The molecular weight excluding hydrogens is 388 g/mol. The first-order valence-corrected chi connectivity index (χ1v) is 9.56. The second-order valence-electron chi connectivity index (χ2n) is 7.39. The van der Waals surface area contributed by atoms with Crippen LogP contribution < -0.4 is 14.8 Å². The Morgan fingerprint density at radius 3 is 2.53 bits per heavy atom. The Bertz CT molecular complexity index is 1080. The maximum Gasteiger partial charge on any atom is 0.308 e. The number of esters is 2. The molecule has 0 fully saturated rings. The predicted molar refractivity (Wildman–Crippen MR) is 109 cm³/mol. The van der Waals surface area contributed by atoms with Crippen LogP contribution in [0, 0.1) is 16.0 Å². The number of non-ortho nitro benzene ring substituents is 1. The van der Waals surface area contributed by atoms with Crippen LogP contribution in [0.25, 0.3) is 0 Å². The Labute approximate surface area is 172 Å². The lowest BCUT2D eigenvalue weighted by molar-refractivity contribution is -0.384. The zero-order chi connectivity index (χ0) is 21.4. The maximum atomic E-state index is 11.7. The van der Waals surface area contributed by atoms with Crippen molar-refractivity contribution in [2.45, 2.75) is 32.2 Å². The highest BCUT2D eigenvalue weighted by atomic mass is 16.6. The summed E-state index contributed by atoms with van der Waals surface area (Å²) in [5, 5.41) is 14.7. The molecule has 1 N–H and O–H groups in total. The van der Waals surface area contributed by atoms with Crippen molar-refractivity contribution < 1.29 is 24.0 Å². The fourth-order valence-electron chi connectivity index (χ4n) is 4.25. The van der Waals surface area contributed by atoms with Gasteiger partial charge in [-0.15, -0.1) is 0 Å². The van der Waals surface area contributed by atoms with Crippen LogP contribution in [0.2, 0.25) is 0 Å². The molecule has 0 saturated carbocycles. The van der Waals surface area contributed by atoms with Gasteiger partial charge in [0.1, 0.15) is 11.5 Å². The summed E-state index contributed by atoms with van der Waals surface area (Å²) in [7, 11) is 0. The number of carbonyl (C=O) groups excluding carboxylic acids is 2. The third-order valence-corrected chi connectivity index (χ3v) is 5.39. The molecule has 30 heavy (non-hydrogen) atoms. The molecule has 0 spiro atoms. The monoisotopic (exact) mass is 408 g/mol. The summed E-state index contributed by atoms with van der Waals surface area (Å²) in [5.41, 5.74) is 2.49. The molecule has 8 heteroatoms. The van der Waals surface area contributed by atoms with Crippen molar-refractivity contribution in [1.82, 2.24) is 0 Å². The Morgan fingerprint density at radius 1 is 1.07 bits per heavy atom. The van der Waals surface area contributed by atoms with Gasteiger partial charge in [-0.3, -0.25) is 19.7 Å². The summed E-state index contributed by atoms with van der Waals surface area (Å²) in [6.07, 6.45) is 4.91. The highest BCUT2D eigenvalue weighted by Crippen LogP contribution is 2.52. The maximum absolute atomic E-state index is 11.7. The topological polar surface area (TPSA) is 108 Å². The molecule has 0 unspecified atom stereocenters. The molecule has 1 aliphatic carbocycles. The van der Waals surface area contributed by atoms with Crippen molar-refractivity contribution in [3.63, 3.8) is 0 Å². The molecule has 4 rings (SSSR count). The number of nitrogens with zero attached hydrogens (tertiary/aromatic N) is 1. The summed E-state index contributed by atoms with van der Waals surface area (Å²) < 4.78 is 10.6. The van der Waals surface area contributed by atoms with Gasteiger partial charge in [-0.2, -0.15) is 0 Å². The number of ether oxygens (including phenoxy) is 2. The van der Waals surface area contributed by atoms with Crippen LogP contribution in [0.15, 0.2) is 48.6 Å². The highest BCUT2D eigenvalue weighted by molar-refractivity contribution is 5.72. The van der Waals surface area contributed by atoms with Crippen molar-refractivity contribution in [2.75, 3.05) is 5.32 Å². The summed E-state index contributed by atoms with van der Waals surface area (Å²) in [6, 6.07) is 9.57. The predicted octanol–water partition coefficient (Wildman–Crippen LogP) is 4.27. The molecule has 3 atom stereocenters. The van der Waals surface area contributed by atoms with Gasteiger partial charge in [-0.1, -0.05) is 12.2 Å². The zero-order valence-electron chi connectivity index (χ0n) is 16.5. The minimum absolute atomic E-state index is 0.00414. The van der Waals surface area contributed by atoms with Crippen molar-refractivity contribution in [2.24, 2.45) is 5.92 Å². The summed E-state index contributed by atoms with van der Waals surface area (Å²) in [4.78, 5) is 33.8. The van der Waals surface area contributed by atoms with Crippen LogP contribution in [-0.4, -0.2) is 16.9 Å². The summed E-state index contributed by atoms with van der Waals surface area (Å²) in [6.45, 7) is 2.61. The third-order valence-electron chi connectivity index (χ3n) is 5.39. The van der Waals surface area contributed by atoms with Gasteiger partial charge in [0.15, 0.2) is 0 Å². The van der Waals surface area contributed by atoms with E-state index in [4.69, 9.17) is 9.47 Å². The van der Waals surface area contributed by atoms with E-state index >= 15 is 0 Å². The Hall–Kier alpha value is -3.68. The number of rotatable bonds is 4. The minimum Gasteiger partial charge on any atom is -0.427 e. The van der Waals surface area contributed by atoms with Crippen molar-refractivity contribution in [1.29, 1.82) is 0 Å². The van der Waals surface area contributed by atoms with E-state index < -0.39 is 16.9 Å². The average Bonchev–Trinajstić information content (AvgIpc) is 3.16. The second-order valence-corrected chi connectivity index (χ2v) is 7.39. The van der Waals surface area contributed by atoms with Gasteiger partial charge < -0.3 is 14.8 Å². The molecule has 154 valence electrons. The number of carbonyl (C=O) groups is 2. The van der Waals surface area contributed by atoms with Crippen LogP contribution in [0.1, 0.15) is 43.4 Å². The van der Waals surface area contributed by atoms with Gasteiger partial charge in [0.05, 0.1) is 11.0 Å². The summed E-state index contributed by atoms with van der Waals surface area (Å²) in [5.74, 6) is -0.255. The average molecular weight is 408 g/mol. The van der Waals surface area contributed by atoms with E-state index in [1.54, 1.807) is 24.3 Å². The SMILES string of the molecule is CC(=O)Oc1ccc([C@@H]2Nc3ccc([N+](=O)[O-])cc3[C@@H]3C=CC[C@H]32)c(OC(C)=O)c1. The number of anilines is 1. The minimum atomic E-state index is -0.482. The molecule has 0 aromatic heterocycles. The molecule has 1 heterocycles. The van der Waals surface area contributed by atoms with Crippen LogP contribution >= 0.6 is 0 Å². The van der Waals surface area contributed by atoms with E-state index in [1.807, 2.05) is 0 Å². The van der Waals surface area contributed by atoms with E-state index in [2.05, 4.69) is 17.5 Å². The molecule has 8 nitrogen and oxygen atoms in total. The van der Waals surface area contributed by atoms with Crippen LogP contribution in [0.4, 0.5) is 11.4 Å². The fourth-order valence-corrected chi connectivity index (χ4v) is 4.25. The Balaban J connectivity index is 1.76. The number of nitro groups is 1. The van der Waals surface area contributed by atoms with Gasteiger partial charge in [-0.25, -0.2) is 0 Å². The largest absolute Gasteiger partial charge is 0.427 e. The van der Waals surface area contributed by atoms with E-state index in [-0.39, 0.29) is 29.3 Å². The van der Waals surface area contributed by atoms with E-state index in [0.29, 0.717) is 5.75 Å². The molecule has 2 aromatic carbocycles. The van der Waals surface area contributed by atoms with Crippen molar-refractivity contribution in [3.8, 4) is 11.5 Å². The van der Waals surface area contributed by atoms with Crippen LogP contribution in [0.3, 0.4) is 0 Å². The number of hydrogen-bond donors (Lipinski definition) is 1. The molecule has 2 aliphatic rings. The number of allylic oxidation sites excluding steroid dienone is 2. The summed E-state index contributed by atoms with van der Waals surface area (Å²) >= 11 is 0. The van der Waals surface area contributed by atoms with Gasteiger partial charge in [0.25, 0.3) is 5.69 Å². The highest BCUT2D eigenvalue weighted by Gasteiger charge is 2.40. The van der Waals surface area contributed by atoms with E-state index in [9.17, 15) is 19.7 Å². The van der Waals surface area contributed by atoms with E-state index in [0.717, 1.165) is 23.2 Å². The third kappa shape index (κ3) is 3.63. The smallest absolute Gasteiger partial charge is 0.308 e. The molecule has 0 radical (unpaired) electrons. The molecule has 0 amide bonds. The lowest BCUT2D eigenvalue weighted by Gasteiger charge is -2.37. The first-order chi connectivity index (χ1) is 14.3. The Morgan fingerprint density at radius 2 is 1.83 bits per heavy atom. The molecule has 2 aromatic rings. The lowest BCUT2D eigenvalue weighted by Crippen LogP contribution is -2.29. The first kappa shape index (κ1) is 19.6. The lowest BCUT2D eigenvalue weighted by atomic mass is 9.76.